The molecule has 3 aromatic rings. The predicted octanol–water partition coefficient (Wildman–Crippen LogP) is 1.71. The molecule has 0 bridgehead atoms. The standard InChI is InChI=1S/C36H31Cl2NO16/c1-13(40)29(47)30-35(49,15(3)42)36(50,16(4)43)34(39,14(2)41)32(54-30)53-23-7-5-6-17-28(23)31(48)55-33(17)18-8-20(37)22(44)10-24(18)52-25-11-26(51-12-27(45)46)21(38)9-19(25)33/h5-11,13,30,32,40,44,49-50H,12,39H2,1-4H3,(H,45,46)/t13?,30-,32-,33?,34+,35-,36-/m1/s1. The number of phenolic OH excluding ortho intramolecular Hbond substituents is 1. The zero-order chi connectivity index (χ0) is 40.7. The number of aliphatic hydroxyl groups excluding tert-OH is 1. The highest BCUT2D eigenvalue weighted by molar-refractivity contribution is 6.32. The Hall–Kier alpha value is -5.14. The van der Waals surface area contributed by atoms with Crippen molar-refractivity contribution in [3.05, 3.63) is 74.8 Å². The molecule has 3 heterocycles. The lowest BCUT2D eigenvalue weighted by molar-refractivity contribution is -0.303. The van der Waals surface area contributed by atoms with E-state index in [1.54, 1.807) is 0 Å². The SMILES string of the molecule is CC(=O)[C@]1(O)[C@@](O)(C(C)=O)[C@@H](C(=O)C(C)O)O[C@@H](Oc2cccc3c2C(=O)OC32c3cc(Cl)c(O)cc3Oc3cc(OCC(=O)O)c(Cl)cc32)[C@@]1(N)C(C)=O. The second-order valence-electron chi connectivity index (χ2n) is 13.2. The third-order valence-electron chi connectivity index (χ3n) is 9.96. The van der Waals surface area contributed by atoms with Crippen molar-refractivity contribution in [3.63, 3.8) is 0 Å². The van der Waals surface area contributed by atoms with Crippen LogP contribution in [0.5, 0.6) is 28.7 Å². The smallest absolute Gasteiger partial charge is 0.343 e. The molecular weight excluding hydrogens is 773 g/mol. The minimum absolute atomic E-state index is 0.0160. The van der Waals surface area contributed by atoms with Gasteiger partial charge in [-0.3, -0.25) is 19.2 Å². The Labute approximate surface area is 320 Å². The average molecular weight is 805 g/mol. The molecular formula is C36H31Cl2NO16. The molecule has 0 amide bonds. The van der Waals surface area contributed by atoms with Crippen LogP contribution in [0.4, 0.5) is 0 Å². The van der Waals surface area contributed by atoms with Crippen LogP contribution in [0.25, 0.3) is 0 Å². The fourth-order valence-electron chi connectivity index (χ4n) is 7.24. The van der Waals surface area contributed by atoms with Crippen molar-refractivity contribution in [2.24, 2.45) is 5.73 Å². The quantitative estimate of drug-likeness (QED) is 0.159. The molecule has 290 valence electrons. The minimum atomic E-state index is -3.63. The van der Waals surface area contributed by atoms with Gasteiger partial charge in [-0.15, -0.1) is 0 Å². The Kier molecular flexibility index (Phi) is 9.54. The van der Waals surface area contributed by atoms with E-state index in [1.807, 2.05) is 0 Å². The molecule has 19 heteroatoms. The number of aliphatic hydroxyl groups is 3. The highest BCUT2D eigenvalue weighted by Crippen LogP contribution is 2.60. The number of aromatic hydroxyl groups is 1. The number of hydrogen-bond acceptors (Lipinski definition) is 16. The summed E-state index contributed by atoms with van der Waals surface area (Å²) in [5.41, 5.74) is -6.20. The largest absolute Gasteiger partial charge is 0.506 e. The zero-order valence-corrected chi connectivity index (χ0v) is 30.6. The first-order chi connectivity index (χ1) is 25.6. The molecule has 0 aromatic heterocycles. The van der Waals surface area contributed by atoms with Crippen LogP contribution >= 0.6 is 23.2 Å². The third-order valence-corrected chi connectivity index (χ3v) is 10.6. The van der Waals surface area contributed by atoms with Crippen LogP contribution < -0.4 is 19.9 Å². The number of hydrogen-bond donors (Lipinski definition) is 6. The molecule has 7 N–H and O–H groups in total. The van der Waals surface area contributed by atoms with Gasteiger partial charge in [0.05, 0.1) is 10.0 Å². The number of halogens is 2. The molecule has 1 spiro atoms. The summed E-state index contributed by atoms with van der Waals surface area (Å²) in [5.74, 6) is -9.22. The normalized spacial score (nSPS) is 28.1. The van der Waals surface area contributed by atoms with E-state index in [4.69, 9.17) is 57.7 Å². The molecule has 2 unspecified atom stereocenters. The molecule has 1 fully saturated rings. The van der Waals surface area contributed by atoms with Gasteiger partial charge < -0.3 is 55.0 Å². The number of rotatable bonds is 10. The first-order valence-corrected chi connectivity index (χ1v) is 16.9. The summed E-state index contributed by atoms with van der Waals surface area (Å²) in [6, 6.07) is 8.82. The number of ketones is 4. The second kappa shape index (κ2) is 13.3. The topological polar surface area (TPSA) is 276 Å². The Morgan fingerprint density at radius 2 is 1.53 bits per heavy atom. The molecule has 0 aliphatic carbocycles. The van der Waals surface area contributed by atoms with Crippen LogP contribution in [-0.2, 0) is 39.0 Å². The minimum Gasteiger partial charge on any atom is -0.506 e. The van der Waals surface area contributed by atoms with E-state index in [0.717, 1.165) is 19.9 Å². The zero-order valence-electron chi connectivity index (χ0n) is 29.0. The van der Waals surface area contributed by atoms with E-state index >= 15 is 0 Å². The Morgan fingerprint density at radius 1 is 0.909 bits per heavy atom. The Balaban J connectivity index is 1.58. The summed E-state index contributed by atoms with van der Waals surface area (Å²) in [7, 11) is 0. The number of carbonyl (C=O) groups is 6. The number of carboxylic acids is 1. The summed E-state index contributed by atoms with van der Waals surface area (Å²) in [6.07, 6.45) is -6.96. The molecule has 17 nitrogen and oxygen atoms in total. The van der Waals surface area contributed by atoms with Crippen molar-refractivity contribution in [2.45, 2.75) is 68.5 Å². The van der Waals surface area contributed by atoms with Crippen molar-refractivity contribution in [1.82, 2.24) is 0 Å². The summed E-state index contributed by atoms with van der Waals surface area (Å²) >= 11 is 12.9. The number of carboxylic acid groups (broad SMARTS) is 1. The van der Waals surface area contributed by atoms with Crippen LogP contribution in [-0.4, -0.2) is 102 Å². The van der Waals surface area contributed by atoms with Crippen LogP contribution in [0.1, 0.15) is 54.7 Å². The molecule has 3 aromatic carbocycles. The number of benzene rings is 3. The van der Waals surface area contributed by atoms with E-state index in [1.165, 1.54) is 36.4 Å². The lowest BCUT2D eigenvalue weighted by atomic mass is 9.59. The fraction of sp³-hybridized carbons (Fsp3) is 0.333. The molecule has 55 heavy (non-hydrogen) atoms. The van der Waals surface area contributed by atoms with Gasteiger partial charge in [-0.05, 0) is 45.9 Å². The lowest BCUT2D eigenvalue weighted by Crippen LogP contribution is -2.90. The van der Waals surface area contributed by atoms with Gasteiger partial charge >= 0.3 is 11.9 Å². The number of esters is 1. The number of ether oxygens (including phenoxy) is 5. The lowest BCUT2D eigenvalue weighted by Gasteiger charge is -2.57. The first-order valence-electron chi connectivity index (χ1n) is 16.2. The van der Waals surface area contributed by atoms with Crippen molar-refractivity contribution in [2.75, 3.05) is 6.61 Å². The third kappa shape index (κ3) is 5.41. The number of carbonyl (C=O) groups excluding carboxylic acids is 5. The number of phenols is 1. The van der Waals surface area contributed by atoms with Crippen LogP contribution in [0, 0.1) is 0 Å². The maximum absolute atomic E-state index is 14.1. The van der Waals surface area contributed by atoms with Crippen molar-refractivity contribution < 1.29 is 78.0 Å². The van der Waals surface area contributed by atoms with Crippen molar-refractivity contribution >= 4 is 58.3 Å². The van der Waals surface area contributed by atoms with E-state index in [9.17, 15) is 49.2 Å². The number of fused-ring (bicyclic) bond motifs is 6. The summed E-state index contributed by atoms with van der Waals surface area (Å²) in [5, 5.41) is 53.3. The van der Waals surface area contributed by atoms with Crippen LogP contribution in [0.3, 0.4) is 0 Å². The van der Waals surface area contributed by atoms with Gasteiger partial charge in [0, 0.05) is 28.8 Å². The van der Waals surface area contributed by atoms with Gasteiger partial charge in [0.25, 0.3) is 0 Å². The molecule has 7 atom stereocenters. The van der Waals surface area contributed by atoms with Gasteiger partial charge in [-0.2, -0.15) is 0 Å². The van der Waals surface area contributed by atoms with Crippen molar-refractivity contribution in [1.29, 1.82) is 0 Å². The van der Waals surface area contributed by atoms with E-state index in [2.05, 4.69) is 0 Å². The monoisotopic (exact) mass is 803 g/mol. The second-order valence-corrected chi connectivity index (χ2v) is 14.0. The molecule has 0 saturated carbocycles. The van der Waals surface area contributed by atoms with Gasteiger partial charge in [0.15, 0.2) is 58.2 Å². The molecule has 3 aliphatic heterocycles. The summed E-state index contributed by atoms with van der Waals surface area (Å²) < 4.78 is 29.2. The van der Waals surface area contributed by atoms with Gasteiger partial charge in [-0.25, -0.2) is 9.59 Å². The molecule has 0 radical (unpaired) electrons. The predicted molar refractivity (Wildman–Crippen MR) is 184 cm³/mol. The number of Topliss-reactive ketones (excluding diaryl/α,β-unsaturated/α-hetero) is 4. The van der Waals surface area contributed by atoms with Gasteiger partial charge in [-0.1, -0.05) is 35.3 Å². The Bertz CT molecular complexity index is 2240. The summed E-state index contributed by atoms with van der Waals surface area (Å²) in [6.45, 7) is 2.35. The average Bonchev–Trinajstić information content (AvgIpc) is 3.41. The molecule has 6 rings (SSSR count). The Morgan fingerprint density at radius 3 is 2.09 bits per heavy atom. The maximum atomic E-state index is 14.1. The van der Waals surface area contributed by atoms with Gasteiger partial charge in [0.2, 0.25) is 6.29 Å². The first kappa shape index (κ1) is 39.6. The van der Waals surface area contributed by atoms with Crippen LogP contribution in [0.15, 0.2) is 42.5 Å². The summed E-state index contributed by atoms with van der Waals surface area (Å²) in [4.78, 5) is 78.4. The number of nitrogens with two attached hydrogens (primary N) is 1. The van der Waals surface area contributed by atoms with E-state index < -0.39 is 94.0 Å². The highest BCUT2D eigenvalue weighted by Gasteiger charge is 2.79. The maximum Gasteiger partial charge on any atom is 0.343 e. The highest BCUT2D eigenvalue weighted by atomic mass is 35.5. The van der Waals surface area contributed by atoms with E-state index in [-0.39, 0.29) is 49.5 Å². The van der Waals surface area contributed by atoms with Crippen molar-refractivity contribution in [3.8, 4) is 28.7 Å². The fourth-order valence-corrected chi connectivity index (χ4v) is 7.62. The molecule has 1 saturated heterocycles. The molecule has 3 aliphatic rings. The van der Waals surface area contributed by atoms with Gasteiger partial charge in [0.1, 0.15) is 40.4 Å². The number of aliphatic carboxylic acids is 1. The van der Waals surface area contributed by atoms with E-state index in [0.29, 0.717) is 13.8 Å². The van der Waals surface area contributed by atoms with Crippen LogP contribution in [0.2, 0.25) is 10.0 Å².